The largest absolute Gasteiger partial charge is 0.503 e. The summed E-state index contributed by atoms with van der Waals surface area (Å²) in [4.78, 5) is 29.3. The summed E-state index contributed by atoms with van der Waals surface area (Å²) >= 11 is 0. The molecule has 2 N–H and O–H groups in total. The highest BCUT2D eigenvalue weighted by Gasteiger charge is 2.57. The molecule has 1 aromatic carbocycles. The minimum atomic E-state index is -3.95. The Morgan fingerprint density at radius 1 is 1.31 bits per heavy atom. The summed E-state index contributed by atoms with van der Waals surface area (Å²) < 4.78 is 38.9. The Bertz CT molecular complexity index is 921. The van der Waals surface area contributed by atoms with Crippen LogP contribution < -0.4 is 4.72 Å². The number of aliphatic hydroxyl groups is 1. The van der Waals surface area contributed by atoms with Gasteiger partial charge >= 0.3 is 0 Å². The van der Waals surface area contributed by atoms with E-state index in [1.54, 1.807) is 0 Å². The van der Waals surface area contributed by atoms with E-state index in [4.69, 9.17) is 4.84 Å². The lowest BCUT2D eigenvalue weighted by Crippen LogP contribution is -2.41. The first-order chi connectivity index (χ1) is 13.7. The van der Waals surface area contributed by atoms with E-state index in [1.807, 2.05) is 4.72 Å². The smallest absolute Gasteiger partial charge is 0.299 e. The summed E-state index contributed by atoms with van der Waals surface area (Å²) in [5.74, 6) is -3.24. The van der Waals surface area contributed by atoms with E-state index in [0.29, 0.717) is 36.8 Å². The summed E-state index contributed by atoms with van der Waals surface area (Å²) in [6.45, 7) is -0.0657. The van der Waals surface area contributed by atoms with Crippen molar-refractivity contribution in [3.8, 4) is 0 Å². The summed E-state index contributed by atoms with van der Waals surface area (Å²) in [5.41, 5.74) is 0.553. The number of nitrogens with one attached hydrogen (secondary N) is 1. The predicted molar refractivity (Wildman–Crippen MR) is 101 cm³/mol. The number of hydrogen-bond donors (Lipinski definition) is 2. The van der Waals surface area contributed by atoms with Crippen molar-refractivity contribution in [1.29, 1.82) is 0 Å². The molecule has 158 valence electrons. The van der Waals surface area contributed by atoms with Gasteiger partial charge in [0.05, 0.1) is 24.5 Å². The van der Waals surface area contributed by atoms with Gasteiger partial charge in [-0.3, -0.25) is 14.4 Å². The van der Waals surface area contributed by atoms with Crippen LogP contribution in [0.15, 0.2) is 36.1 Å². The monoisotopic (exact) mass is 426 g/mol. The number of benzene rings is 1. The van der Waals surface area contributed by atoms with Crippen LogP contribution in [0.1, 0.15) is 37.7 Å². The van der Waals surface area contributed by atoms with Crippen molar-refractivity contribution in [2.45, 2.75) is 43.4 Å². The van der Waals surface area contributed by atoms with E-state index in [-0.39, 0.29) is 6.54 Å². The van der Waals surface area contributed by atoms with Crippen molar-refractivity contribution in [3.05, 3.63) is 47.5 Å². The molecule has 2 saturated carbocycles. The van der Waals surface area contributed by atoms with Gasteiger partial charge in [0.15, 0.2) is 5.76 Å². The lowest BCUT2D eigenvalue weighted by molar-refractivity contribution is -0.173. The van der Waals surface area contributed by atoms with Crippen molar-refractivity contribution >= 4 is 21.8 Å². The van der Waals surface area contributed by atoms with Crippen LogP contribution in [0.2, 0.25) is 0 Å². The fourth-order valence-corrected chi connectivity index (χ4v) is 4.75. The second-order valence-electron chi connectivity index (χ2n) is 7.48. The van der Waals surface area contributed by atoms with Gasteiger partial charge in [0.25, 0.3) is 11.8 Å². The van der Waals surface area contributed by atoms with Crippen LogP contribution in [0, 0.1) is 11.7 Å². The SMILES string of the molecule is CON(Cc1ccc(F)cc1)C(=O)/C=C(/O)C(=O)NS(=O)(=O)C1(CC2CC2)CC1. The average Bonchev–Trinajstić information content (AvgIpc) is 3.58. The maximum atomic E-state index is 13.0. The molecular formula is C19H23FN2O6S. The van der Waals surface area contributed by atoms with Gasteiger partial charge in [-0.2, -0.15) is 0 Å². The molecule has 8 nitrogen and oxygen atoms in total. The van der Waals surface area contributed by atoms with E-state index >= 15 is 0 Å². The van der Waals surface area contributed by atoms with Gasteiger partial charge in [-0.05, 0) is 42.9 Å². The van der Waals surface area contributed by atoms with Gasteiger partial charge in [0, 0.05) is 0 Å². The number of carbonyl (C=O) groups is 2. The van der Waals surface area contributed by atoms with E-state index in [2.05, 4.69) is 0 Å². The topological polar surface area (TPSA) is 113 Å². The first-order valence-electron chi connectivity index (χ1n) is 9.23. The molecule has 2 amide bonds. The third-order valence-corrected chi connectivity index (χ3v) is 7.33. The molecular weight excluding hydrogens is 403 g/mol. The van der Waals surface area contributed by atoms with Crippen LogP contribution in [-0.2, 0) is 31.0 Å². The van der Waals surface area contributed by atoms with Gasteiger partial charge < -0.3 is 5.11 Å². The molecule has 0 aromatic heterocycles. The molecule has 0 spiro atoms. The minimum Gasteiger partial charge on any atom is -0.503 e. The summed E-state index contributed by atoms with van der Waals surface area (Å²) in [7, 11) is -2.74. The molecule has 0 radical (unpaired) electrons. The van der Waals surface area contributed by atoms with Crippen LogP contribution in [0.25, 0.3) is 0 Å². The summed E-state index contributed by atoms with van der Waals surface area (Å²) in [6, 6.07) is 5.34. The normalized spacial score (nSPS) is 18.2. The van der Waals surface area contributed by atoms with Crippen molar-refractivity contribution in [2.24, 2.45) is 5.92 Å². The quantitative estimate of drug-likeness (QED) is 0.354. The van der Waals surface area contributed by atoms with Gasteiger partial charge in [0.2, 0.25) is 10.0 Å². The van der Waals surface area contributed by atoms with Gasteiger partial charge in [-0.1, -0.05) is 25.0 Å². The molecule has 0 heterocycles. The molecule has 1 aromatic rings. The average molecular weight is 426 g/mol. The Balaban J connectivity index is 1.62. The molecule has 29 heavy (non-hydrogen) atoms. The van der Waals surface area contributed by atoms with Crippen LogP contribution in [0.3, 0.4) is 0 Å². The van der Waals surface area contributed by atoms with Crippen LogP contribution in [0.4, 0.5) is 4.39 Å². The van der Waals surface area contributed by atoms with Crippen LogP contribution >= 0.6 is 0 Å². The van der Waals surface area contributed by atoms with Crippen molar-refractivity contribution < 1.29 is 32.3 Å². The van der Waals surface area contributed by atoms with Crippen molar-refractivity contribution in [1.82, 2.24) is 9.79 Å². The third kappa shape index (κ3) is 5.13. The van der Waals surface area contributed by atoms with Gasteiger partial charge in [-0.25, -0.2) is 22.6 Å². The molecule has 0 bridgehead atoms. The first-order valence-corrected chi connectivity index (χ1v) is 10.7. The second kappa shape index (κ2) is 8.11. The first kappa shape index (κ1) is 21.3. The summed E-state index contributed by atoms with van der Waals surface area (Å²) in [6.07, 6.45) is 4.03. The van der Waals surface area contributed by atoms with Crippen LogP contribution in [0.5, 0.6) is 0 Å². The molecule has 10 heteroatoms. The molecule has 2 aliphatic carbocycles. The van der Waals surface area contributed by atoms with Gasteiger partial charge in [0.1, 0.15) is 5.82 Å². The number of aliphatic hydroxyl groups excluding tert-OH is 1. The van der Waals surface area contributed by atoms with Crippen molar-refractivity contribution in [2.75, 3.05) is 7.11 Å². The Labute approximate surface area is 168 Å². The number of hydroxylamine groups is 2. The number of carbonyl (C=O) groups excluding carboxylic acids is 2. The standard InChI is InChI=1S/C19H23FN2O6S/c1-28-22(12-14-4-6-15(20)7-5-14)17(24)10-16(23)18(25)21-29(26,27)19(8-9-19)11-13-2-3-13/h4-7,10,13,23H,2-3,8-9,11-12H2,1H3,(H,21,25)/b16-10+. The summed E-state index contributed by atoms with van der Waals surface area (Å²) in [5, 5.41) is 10.7. The lowest BCUT2D eigenvalue weighted by atomic mass is 10.2. The minimum absolute atomic E-state index is 0.0657. The number of amides is 2. The molecule has 0 saturated heterocycles. The molecule has 2 aliphatic rings. The zero-order valence-electron chi connectivity index (χ0n) is 15.9. The number of rotatable bonds is 9. The fourth-order valence-electron chi connectivity index (χ4n) is 3.10. The third-order valence-electron chi connectivity index (χ3n) is 5.16. The maximum absolute atomic E-state index is 13.0. The second-order valence-corrected chi connectivity index (χ2v) is 9.56. The zero-order valence-corrected chi connectivity index (χ0v) is 16.7. The molecule has 0 aliphatic heterocycles. The zero-order chi connectivity index (χ0) is 21.2. The number of sulfonamides is 1. The maximum Gasteiger partial charge on any atom is 0.299 e. The Hall–Kier alpha value is -2.46. The number of hydrogen-bond acceptors (Lipinski definition) is 6. The Kier molecular flexibility index (Phi) is 5.95. The molecule has 0 atom stereocenters. The highest BCUT2D eigenvalue weighted by atomic mass is 32.2. The van der Waals surface area contributed by atoms with Crippen LogP contribution in [-0.4, -0.2) is 42.3 Å². The Morgan fingerprint density at radius 3 is 2.45 bits per heavy atom. The highest BCUT2D eigenvalue weighted by molar-refractivity contribution is 7.91. The number of nitrogens with zero attached hydrogens (tertiary/aromatic N) is 1. The molecule has 2 fully saturated rings. The number of halogens is 1. The van der Waals surface area contributed by atoms with Gasteiger partial charge in [-0.15, -0.1) is 0 Å². The Morgan fingerprint density at radius 2 is 1.93 bits per heavy atom. The van der Waals surface area contributed by atoms with E-state index in [1.165, 1.54) is 31.4 Å². The van der Waals surface area contributed by atoms with E-state index in [9.17, 15) is 27.5 Å². The van der Waals surface area contributed by atoms with E-state index in [0.717, 1.165) is 17.9 Å². The molecule has 0 unspecified atom stereocenters. The predicted octanol–water partition coefficient (Wildman–Crippen LogP) is 1.94. The van der Waals surface area contributed by atoms with E-state index < -0.39 is 38.2 Å². The highest BCUT2D eigenvalue weighted by Crippen LogP contribution is 2.52. The fraction of sp³-hybridized carbons (Fsp3) is 0.474. The molecule has 3 rings (SSSR count). The lowest BCUT2D eigenvalue weighted by Gasteiger charge is -2.18. The van der Waals surface area contributed by atoms with Crippen molar-refractivity contribution in [3.63, 3.8) is 0 Å².